The highest BCUT2D eigenvalue weighted by atomic mass is 16.1. The second kappa shape index (κ2) is 4.47. The molecule has 0 unspecified atom stereocenters. The molecule has 2 nitrogen and oxygen atoms in total. The predicted octanol–water partition coefficient (Wildman–Crippen LogP) is 2.75. The van der Waals surface area contributed by atoms with Crippen LogP contribution in [0.25, 0.3) is 0 Å². The molecule has 0 atom stereocenters. The van der Waals surface area contributed by atoms with E-state index in [1.807, 2.05) is 0 Å². The van der Waals surface area contributed by atoms with Gasteiger partial charge in [-0.05, 0) is 74.2 Å². The fourth-order valence-electron chi connectivity index (χ4n) is 4.94. The Morgan fingerprint density at radius 2 is 1.71 bits per heavy atom. The average molecular weight is 233 g/mol. The molecular formula is C15H23NO. The van der Waals surface area contributed by atoms with Crippen molar-refractivity contribution in [2.75, 3.05) is 6.54 Å². The molecule has 4 aliphatic rings. The Kier molecular flexibility index (Phi) is 2.97. The van der Waals surface area contributed by atoms with Gasteiger partial charge in [0.1, 0.15) is 0 Å². The van der Waals surface area contributed by atoms with Crippen molar-refractivity contribution >= 4 is 5.91 Å². The summed E-state index contributed by atoms with van der Waals surface area (Å²) in [4.78, 5) is 11.1. The van der Waals surface area contributed by atoms with Crippen molar-refractivity contribution in [3.05, 3.63) is 12.7 Å². The SMILES string of the molecule is C=CC(=O)NCCC1C2CC3CC(C2)CC1C3. The molecule has 4 saturated carbocycles. The highest BCUT2D eigenvalue weighted by Crippen LogP contribution is 2.57. The standard InChI is InChI=1S/C15H23NO/c1-2-15(17)16-4-3-14-12-6-10-5-11(8-12)9-13(14)7-10/h2,10-14H,1,3-9H2,(H,16,17). The second-order valence-electron chi connectivity index (χ2n) is 6.38. The first-order valence-corrected chi connectivity index (χ1v) is 7.16. The van der Waals surface area contributed by atoms with E-state index in [1.54, 1.807) is 0 Å². The Bertz CT molecular complexity index is 295. The third-order valence-electron chi connectivity index (χ3n) is 5.38. The smallest absolute Gasteiger partial charge is 0.243 e. The summed E-state index contributed by atoms with van der Waals surface area (Å²) in [7, 11) is 0. The zero-order chi connectivity index (χ0) is 11.8. The second-order valence-corrected chi connectivity index (χ2v) is 6.38. The summed E-state index contributed by atoms with van der Waals surface area (Å²) in [5.74, 6) is 4.94. The normalized spacial score (nSPS) is 42.5. The highest BCUT2D eigenvalue weighted by molar-refractivity contribution is 5.86. The molecule has 0 aromatic carbocycles. The molecule has 4 rings (SSSR count). The van der Waals surface area contributed by atoms with Crippen molar-refractivity contribution in [2.45, 2.75) is 38.5 Å². The first-order valence-electron chi connectivity index (χ1n) is 7.16. The lowest BCUT2D eigenvalue weighted by Gasteiger charge is -2.54. The number of nitrogens with one attached hydrogen (secondary N) is 1. The maximum absolute atomic E-state index is 11.1. The average Bonchev–Trinajstić information content (AvgIpc) is 2.31. The number of rotatable bonds is 4. The summed E-state index contributed by atoms with van der Waals surface area (Å²) in [6.45, 7) is 4.33. The molecule has 0 heterocycles. The van der Waals surface area contributed by atoms with E-state index in [0.29, 0.717) is 0 Å². The minimum Gasteiger partial charge on any atom is -0.353 e. The highest BCUT2D eigenvalue weighted by Gasteiger charge is 2.47. The van der Waals surface area contributed by atoms with Crippen LogP contribution in [-0.4, -0.2) is 12.5 Å². The lowest BCUT2D eigenvalue weighted by Crippen LogP contribution is -2.45. The largest absolute Gasteiger partial charge is 0.353 e. The maximum atomic E-state index is 11.1. The van der Waals surface area contributed by atoms with Crippen molar-refractivity contribution in [2.24, 2.45) is 29.6 Å². The summed E-state index contributed by atoms with van der Waals surface area (Å²) in [5.41, 5.74) is 0. The molecule has 0 aromatic heterocycles. The van der Waals surface area contributed by atoms with Crippen molar-refractivity contribution < 1.29 is 4.79 Å². The molecule has 1 amide bonds. The number of carbonyl (C=O) groups excluding carboxylic acids is 1. The molecule has 0 aliphatic heterocycles. The van der Waals surface area contributed by atoms with Gasteiger partial charge in [0.15, 0.2) is 0 Å². The molecule has 4 aliphatic carbocycles. The third-order valence-corrected chi connectivity index (χ3v) is 5.38. The number of hydrogen-bond donors (Lipinski definition) is 1. The Labute approximate surface area is 104 Å². The Balaban J connectivity index is 1.54. The minimum atomic E-state index is -0.0196. The van der Waals surface area contributed by atoms with Crippen LogP contribution in [0.15, 0.2) is 12.7 Å². The van der Waals surface area contributed by atoms with Gasteiger partial charge in [0.05, 0.1) is 0 Å². The zero-order valence-corrected chi connectivity index (χ0v) is 10.5. The molecule has 4 bridgehead atoms. The van der Waals surface area contributed by atoms with E-state index in [1.165, 1.54) is 44.6 Å². The zero-order valence-electron chi connectivity index (χ0n) is 10.5. The van der Waals surface area contributed by atoms with Gasteiger partial charge in [-0.1, -0.05) is 6.58 Å². The van der Waals surface area contributed by atoms with Crippen molar-refractivity contribution in [3.8, 4) is 0 Å². The fourth-order valence-corrected chi connectivity index (χ4v) is 4.94. The van der Waals surface area contributed by atoms with E-state index in [9.17, 15) is 4.79 Å². The van der Waals surface area contributed by atoms with Crippen LogP contribution >= 0.6 is 0 Å². The van der Waals surface area contributed by atoms with Gasteiger partial charge in [0.2, 0.25) is 5.91 Å². The quantitative estimate of drug-likeness (QED) is 0.743. The van der Waals surface area contributed by atoms with Gasteiger partial charge in [-0.15, -0.1) is 0 Å². The molecule has 0 aromatic rings. The summed E-state index contributed by atoms with van der Waals surface area (Å²) >= 11 is 0. The number of hydrogen-bond acceptors (Lipinski definition) is 1. The molecule has 0 spiro atoms. The van der Waals surface area contributed by atoms with Gasteiger partial charge in [-0.25, -0.2) is 0 Å². The van der Waals surface area contributed by atoms with Crippen LogP contribution in [0.2, 0.25) is 0 Å². The Morgan fingerprint density at radius 1 is 1.12 bits per heavy atom. The van der Waals surface area contributed by atoms with Crippen LogP contribution in [0, 0.1) is 29.6 Å². The summed E-state index contributed by atoms with van der Waals surface area (Å²) < 4.78 is 0. The molecule has 2 heteroatoms. The van der Waals surface area contributed by atoms with E-state index in [4.69, 9.17) is 0 Å². The Morgan fingerprint density at radius 3 is 2.24 bits per heavy atom. The summed E-state index contributed by atoms with van der Waals surface area (Å²) in [5, 5.41) is 2.93. The molecule has 0 saturated heterocycles. The van der Waals surface area contributed by atoms with Crippen LogP contribution in [0.1, 0.15) is 38.5 Å². The third kappa shape index (κ3) is 2.14. The van der Waals surface area contributed by atoms with E-state index >= 15 is 0 Å². The van der Waals surface area contributed by atoms with Crippen molar-refractivity contribution in [3.63, 3.8) is 0 Å². The Hall–Kier alpha value is -0.790. The van der Waals surface area contributed by atoms with E-state index in [2.05, 4.69) is 11.9 Å². The topological polar surface area (TPSA) is 29.1 Å². The van der Waals surface area contributed by atoms with Gasteiger partial charge in [0.25, 0.3) is 0 Å². The number of amides is 1. The number of carbonyl (C=O) groups is 1. The van der Waals surface area contributed by atoms with Crippen LogP contribution in [0.3, 0.4) is 0 Å². The van der Waals surface area contributed by atoms with Crippen LogP contribution in [0.4, 0.5) is 0 Å². The molecule has 0 radical (unpaired) electrons. The molecule has 1 N–H and O–H groups in total. The summed E-state index contributed by atoms with van der Waals surface area (Å²) in [6, 6.07) is 0. The summed E-state index contributed by atoms with van der Waals surface area (Å²) in [6.07, 6.45) is 10.00. The van der Waals surface area contributed by atoms with Gasteiger partial charge in [-0.2, -0.15) is 0 Å². The predicted molar refractivity (Wildman–Crippen MR) is 68.4 cm³/mol. The van der Waals surface area contributed by atoms with Gasteiger partial charge >= 0.3 is 0 Å². The van der Waals surface area contributed by atoms with Crippen LogP contribution < -0.4 is 5.32 Å². The van der Waals surface area contributed by atoms with Gasteiger partial charge < -0.3 is 5.32 Å². The fraction of sp³-hybridized carbons (Fsp3) is 0.800. The van der Waals surface area contributed by atoms with Crippen molar-refractivity contribution in [1.82, 2.24) is 5.32 Å². The maximum Gasteiger partial charge on any atom is 0.243 e. The van der Waals surface area contributed by atoms with Gasteiger partial charge in [0, 0.05) is 6.54 Å². The first-order chi connectivity index (χ1) is 8.26. The lowest BCUT2D eigenvalue weighted by molar-refractivity contribution is -0.116. The van der Waals surface area contributed by atoms with Crippen LogP contribution in [0.5, 0.6) is 0 Å². The van der Waals surface area contributed by atoms with Gasteiger partial charge in [-0.3, -0.25) is 4.79 Å². The van der Waals surface area contributed by atoms with E-state index in [-0.39, 0.29) is 5.91 Å². The molecule has 94 valence electrons. The van der Waals surface area contributed by atoms with E-state index < -0.39 is 0 Å². The minimum absolute atomic E-state index is 0.0196. The molecular weight excluding hydrogens is 210 g/mol. The van der Waals surface area contributed by atoms with E-state index in [0.717, 1.165) is 36.1 Å². The monoisotopic (exact) mass is 233 g/mol. The van der Waals surface area contributed by atoms with Crippen LogP contribution in [-0.2, 0) is 4.79 Å². The van der Waals surface area contributed by atoms with Crippen molar-refractivity contribution in [1.29, 1.82) is 0 Å². The lowest BCUT2D eigenvalue weighted by atomic mass is 9.51. The molecule has 17 heavy (non-hydrogen) atoms. The molecule has 4 fully saturated rings. The first kappa shape index (κ1) is 11.3.